The van der Waals surface area contributed by atoms with E-state index in [2.05, 4.69) is 37.8 Å². The first-order chi connectivity index (χ1) is 14.3. The second-order valence-corrected chi connectivity index (χ2v) is 8.24. The number of carboxylic acids is 1. The number of aryl methyl sites for hydroxylation is 1. The Morgan fingerprint density at radius 2 is 1.80 bits per heavy atom. The molecule has 0 amide bonds. The third-order valence-corrected chi connectivity index (χ3v) is 6.01. The van der Waals surface area contributed by atoms with Crippen LogP contribution in [-0.2, 0) is 16.0 Å². The molecule has 3 heterocycles. The van der Waals surface area contributed by atoms with E-state index in [4.69, 9.17) is 9.59 Å². The van der Waals surface area contributed by atoms with Crippen molar-refractivity contribution in [1.82, 2.24) is 4.57 Å². The Labute approximate surface area is 174 Å². The summed E-state index contributed by atoms with van der Waals surface area (Å²) in [6.45, 7) is 8.62. The molecule has 2 aromatic rings. The highest BCUT2D eigenvalue weighted by atomic mass is 16.4. The summed E-state index contributed by atoms with van der Waals surface area (Å²) < 4.78 is 2.01. The standard InChI is InChI=1S/C22H26N2O3.CO2/c1-13(2)18-9-15-10-19(23-6-4-5-7-23)14(3)8-16(15)20-11-21(25)17(22(26)27)12-24(18)20;2-1-3/h8,10-13,18H,4-7,9H2,1-3H3,(H,26,27);. The average Bonchev–Trinajstić information content (AvgIpc) is 3.21. The van der Waals surface area contributed by atoms with E-state index in [1.165, 1.54) is 41.9 Å². The van der Waals surface area contributed by atoms with Crippen LogP contribution in [0.25, 0.3) is 11.3 Å². The van der Waals surface area contributed by atoms with Gasteiger partial charge in [0, 0.05) is 42.6 Å². The van der Waals surface area contributed by atoms with Crippen LogP contribution in [0.5, 0.6) is 0 Å². The van der Waals surface area contributed by atoms with Crippen LogP contribution < -0.4 is 10.3 Å². The third kappa shape index (κ3) is 3.94. The summed E-state index contributed by atoms with van der Waals surface area (Å²) in [6, 6.07) is 6.11. The summed E-state index contributed by atoms with van der Waals surface area (Å²) >= 11 is 0. The highest BCUT2D eigenvalue weighted by Gasteiger charge is 2.29. The first-order valence-electron chi connectivity index (χ1n) is 10.2. The van der Waals surface area contributed by atoms with E-state index in [0.29, 0.717) is 5.92 Å². The maximum Gasteiger partial charge on any atom is 0.373 e. The van der Waals surface area contributed by atoms with E-state index in [-0.39, 0.29) is 17.8 Å². The van der Waals surface area contributed by atoms with Gasteiger partial charge >= 0.3 is 12.1 Å². The molecule has 0 spiro atoms. The monoisotopic (exact) mass is 410 g/mol. The number of carbonyl (C=O) groups excluding carboxylic acids is 2. The average molecular weight is 410 g/mol. The van der Waals surface area contributed by atoms with Crippen molar-refractivity contribution in [3.8, 4) is 11.3 Å². The quantitative estimate of drug-likeness (QED) is 0.834. The van der Waals surface area contributed by atoms with E-state index < -0.39 is 11.4 Å². The van der Waals surface area contributed by atoms with Gasteiger partial charge in [-0.25, -0.2) is 4.79 Å². The van der Waals surface area contributed by atoms with Crippen LogP contribution in [0.2, 0.25) is 0 Å². The van der Waals surface area contributed by atoms with Crippen molar-refractivity contribution in [2.45, 2.75) is 46.1 Å². The van der Waals surface area contributed by atoms with Crippen molar-refractivity contribution in [1.29, 1.82) is 0 Å². The number of carbonyl (C=O) groups is 1. The molecule has 2 aliphatic heterocycles. The Bertz CT molecular complexity index is 1060. The number of hydrogen-bond donors (Lipinski definition) is 1. The minimum absolute atomic E-state index is 0.139. The maximum absolute atomic E-state index is 12.4. The van der Waals surface area contributed by atoms with Gasteiger partial charge in [-0.1, -0.05) is 13.8 Å². The molecule has 1 fully saturated rings. The fraction of sp³-hybridized carbons (Fsp3) is 0.435. The molecule has 1 aromatic carbocycles. The van der Waals surface area contributed by atoms with E-state index in [9.17, 15) is 14.7 Å². The van der Waals surface area contributed by atoms with Crippen molar-refractivity contribution in [2.24, 2.45) is 5.92 Å². The molecule has 4 rings (SSSR count). The van der Waals surface area contributed by atoms with Crippen LogP contribution in [0, 0.1) is 12.8 Å². The van der Waals surface area contributed by atoms with Crippen LogP contribution in [-0.4, -0.2) is 34.9 Å². The smallest absolute Gasteiger partial charge is 0.373 e. The van der Waals surface area contributed by atoms with Crippen LogP contribution >= 0.6 is 0 Å². The van der Waals surface area contributed by atoms with E-state index in [1.807, 2.05) is 4.57 Å². The number of pyridine rings is 1. The van der Waals surface area contributed by atoms with Gasteiger partial charge in [0.25, 0.3) is 0 Å². The number of nitrogens with zero attached hydrogens (tertiary/aromatic N) is 2. The van der Waals surface area contributed by atoms with E-state index in [1.54, 1.807) is 0 Å². The Morgan fingerprint density at radius 1 is 1.17 bits per heavy atom. The number of carboxylic acid groups (broad SMARTS) is 1. The van der Waals surface area contributed by atoms with Gasteiger partial charge in [0.1, 0.15) is 5.56 Å². The number of anilines is 1. The predicted octanol–water partition coefficient (Wildman–Crippen LogP) is 3.29. The summed E-state index contributed by atoms with van der Waals surface area (Å²) in [6.07, 6.45) is 5.11. The molecule has 1 unspecified atom stereocenters. The van der Waals surface area contributed by atoms with Gasteiger partial charge in [-0.2, -0.15) is 9.59 Å². The molecule has 158 valence electrons. The van der Waals surface area contributed by atoms with Gasteiger partial charge in [0.2, 0.25) is 0 Å². The zero-order valence-electron chi connectivity index (χ0n) is 17.5. The topological polar surface area (TPSA) is 96.7 Å². The van der Waals surface area contributed by atoms with Crippen molar-refractivity contribution in [3.63, 3.8) is 0 Å². The molecule has 7 nitrogen and oxygen atoms in total. The molecular weight excluding hydrogens is 384 g/mol. The SMILES string of the molecule is Cc1cc2c(cc1N1CCCC1)CC(C(C)C)n1cc(C(=O)O)c(=O)cc1-2.O=C=O. The summed E-state index contributed by atoms with van der Waals surface area (Å²) in [4.78, 5) is 42.5. The molecule has 7 heteroatoms. The van der Waals surface area contributed by atoms with E-state index in [0.717, 1.165) is 30.8 Å². The lowest BCUT2D eigenvalue weighted by Crippen LogP contribution is -2.28. The molecule has 30 heavy (non-hydrogen) atoms. The number of fused-ring (bicyclic) bond motifs is 3. The largest absolute Gasteiger partial charge is 0.477 e. The zero-order chi connectivity index (χ0) is 22.0. The number of rotatable bonds is 3. The van der Waals surface area contributed by atoms with Crippen LogP contribution in [0.1, 0.15) is 54.2 Å². The molecule has 0 radical (unpaired) electrons. The van der Waals surface area contributed by atoms with Crippen molar-refractivity contribution in [2.75, 3.05) is 18.0 Å². The second kappa shape index (κ2) is 8.67. The number of aromatic nitrogens is 1. The lowest BCUT2D eigenvalue weighted by molar-refractivity contribution is -0.191. The second-order valence-electron chi connectivity index (χ2n) is 8.24. The molecular formula is C23H26N2O5. The number of hydrogen-bond acceptors (Lipinski definition) is 5. The molecule has 1 aromatic heterocycles. The fourth-order valence-corrected chi connectivity index (χ4v) is 4.53. The molecule has 1 N–H and O–H groups in total. The first-order valence-corrected chi connectivity index (χ1v) is 10.2. The Balaban J connectivity index is 0.000000806. The molecule has 2 aliphatic rings. The van der Waals surface area contributed by atoms with Crippen molar-refractivity contribution < 1.29 is 19.5 Å². The Kier molecular flexibility index (Phi) is 6.22. The molecule has 1 saturated heterocycles. The molecule has 0 aliphatic carbocycles. The van der Waals surface area contributed by atoms with Gasteiger partial charge in [-0.15, -0.1) is 0 Å². The highest BCUT2D eigenvalue weighted by Crippen LogP contribution is 2.40. The van der Waals surface area contributed by atoms with Crippen LogP contribution in [0.3, 0.4) is 0 Å². The number of benzene rings is 1. The van der Waals surface area contributed by atoms with Crippen LogP contribution in [0.15, 0.2) is 29.2 Å². The normalized spacial score (nSPS) is 16.9. The minimum atomic E-state index is -1.16. The van der Waals surface area contributed by atoms with Crippen LogP contribution in [0.4, 0.5) is 5.69 Å². The predicted molar refractivity (Wildman–Crippen MR) is 112 cm³/mol. The highest BCUT2D eigenvalue weighted by molar-refractivity contribution is 5.88. The van der Waals surface area contributed by atoms with E-state index >= 15 is 0 Å². The third-order valence-electron chi connectivity index (χ3n) is 6.01. The van der Waals surface area contributed by atoms with Gasteiger partial charge in [0.15, 0.2) is 5.43 Å². The van der Waals surface area contributed by atoms with Gasteiger partial charge in [0.05, 0.1) is 5.69 Å². The van der Waals surface area contributed by atoms with Crippen molar-refractivity contribution in [3.05, 3.63) is 51.3 Å². The fourth-order valence-electron chi connectivity index (χ4n) is 4.53. The van der Waals surface area contributed by atoms with Gasteiger partial charge in [-0.3, -0.25) is 4.79 Å². The summed E-state index contributed by atoms with van der Waals surface area (Å²) in [5.41, 5.74) is 5.07. The van der Waals surface area contributed by atoms with Crippen molar-refractivity contribution >= 4 is 17.8 Å². The number of aromatic carboxylic acids is 1. The molecule has 0 saturated carbocycles. The molecule has 1 atom stereocenters. The minimum Gasteiger partial charge on any atom is -0.477 e. The lowest BCUT2D eigenvalue weighted by Gasteiger charge is -2.34. The van der Waals surface area contributed by atoms with Gasteiger partial charge < -0.3 is 14.6 Å². The summed E-state index contributed by atoms with van der Waals surface area (Å²) in [7, 11) is 0. The first kappa shape index (κ1) is 21.5. The lowest BCUT2D eigenvalue weighted by atomic mass is 9.86. The summed E-state index contributed by atoms with van der Waals surface area (Å²) in [5.74, 6) is -0.832. The van der Waals surface area contributed by atoms with Gasteiger partial charge in [-0.05, 0) is 55.4 Å². The Hall–Kier alpha value is -3.18. The maximum atomic E-state index is 12.4. The molecule has 0 bridgehead atoms. The Morgan fingerprint density at radius 3 is 2.37 bits per heavy atom. The summed E-state index contributed by atoms with van der Waals surface area (Å²) in [5, 5.41) is 9.37. The zero-order valence-corrected chi connectivity index (χ0v) is 17.5.